The Bertz CT molecular complexity index is 470. The molecule has 1 aromatic rings. The highest BCUT2D eigenvalue weighted by molar-refractivity contribution is 5.30. The second kappa shape index (κ2) is 6.75. The van der Waals surface area contributed by atoms with Crippen molar-refractivity contribution in [2.24, 2.45) is 0 Å². The van der Waals surface area contributed by atoms with E-state index in [2.05, 4.69) is 4.90 Å². The minimum atomic E-state index is -0.486. The molecule has 0 aliphatic heterocycles. The van der Waals surface area contributed by atoms with Crippen LogP contribution >= 0.6 is 0 Å². The normalized spacial score (nSPS) is 19.5. The standard InChI is InChI=1S/C17H26FNO2/c1-19(2)17(9-5-4-6-10-17)16(20)12-13-7-8-15(21-3)14(18)11-13/h7-8,11,16,20H,4-6,9-10,12H2,1-3H3. The number of halogens is 1. The molecular formula is C17H26FNO2. The predicted octanol–water partition coefficient (Wildman–Crippen LogP) is 3.00. The van der Waals surface area contributed by atoms with Gasteiger partial charge in [-0.2, -0.15) is 0 Å². The molecule has 4 heteroatoms. The van der Waals surface area contributed by atoms with E-state index in [9.17, 15) is 9.50 Å². The Hall–Kier alpha value is -1.13. The summed E-state index contributed by atoms with van der Waals surface area (Å²) in [6.07, 6.45) is 5.51. The number of methoxy groups -OCH3 is 1. The van der Waals surface area contributed by atoms with Gasteiger partial charge in [-0.25, -0.2) is 4.39 Å². The van der Waals surface area contributed by atoms with Crippen LogP contribution in [0.5, 0.6) is 5.75 Å². The van der Waals surface area contributed by atoms with Crippen molar-refractivity contribution in [1.29, 1.82) is 0 Å². The van der Waals surface area contributed by atoms with Gasteiger partial charge in [-0.05, 0) is 44.6 Å². The lowest BCUT2D eigenvalue weighted by Gasteiger charge is -2.46. The van der Waals surface area contributed by atoms with E-state index in [1.165, 1.54) is 19.6 Å². The zero-order valence-corrected chi connectivity index (χ0v) is 13.2. The van der Waals surface area contributed by atoms with Crippen LogP contribution in [0.2, 0.25) is 0 Å². The quantitative estimate of drug-likeness (QED) is 0.906. The number of aliphatic hydroxyl groups excluding tert-OH is 1. The minimum Gasteiger partial charge on any atom is -0.494 e. The highest BCUT2D eigenvalue weighted by Gasteiger charge is 2.40. The third-order valence-electron chi connectivity index (χ3n) is 4.88. The van der Waals surface area contributed by atoms with Crippen LogP contribution in [0.15, 0.2) is 18.2 Å². The topological polar surface area (TPSA) is 32.7 Å². The molecule has 0 radical (unpaired) electrons. The summed E-state index contributed by atoms with van der Waals surface area (Å²) >= 11 is 0. The van der Waals surface area contributed by atoms with Gasteiger partial charge in [-0.1, -0.05) is 25.3 Å². The summed E-state index contributed by atoms with van der Waals surface area (Å²) in [7, 11) is 5.52. The molecular weight excluding hydrogens is 269 g/mol. The maximum atomic E-state index is 13.8. The van der Waals surface area contributed by atoms with Crippen molar-refractivity contribution in [2.45, 2.75) is 50.2 Å². The largest absolute Gasteiger partial charge is 0.494 e. The average Bonchev–Trinajstić information content (AvgIpc) is 2.48. The maximum Gasteiger partial charge on any atom is 0.165 e. The molecule has 1 aromatic carbocycles. The van der Waals surface area contributed by atoms with Crippen molar-refractivity contribution in [3.05, 3.63) is 29.6 Å². The minimum absolute atomic E-state index is 0.186. The van der Waals surface area contributed by atoms with Crippen molar-refractivity contribution in [3.63, 3.8) is 0 Å². The second-order valence-electron chi connectivity index (χ2n) is 6.25. The molecule has 0 spiro atoms. The molecule has 1 unspecified atom stereocenters. The SMILES string of the molecule is COc1ccc(CC(O)C2(N(C)C)CCCCC2)cc1F. The average molecular weight is 295 g/mol. The van der Waals surface area contributed by atoms with E-state index in [1.54, 1.807) is 6.07 Å². The summed E-state index contributed by atoms with van der Waals surface area (Å²) < 4.78 is 18.7. The summed E-state index contributed by atoms with van der Waals surface area (Å²) in [6.45, 7) is 0. The lowest BCUT2D eigenvalue weighted by molar-refractivity contribution is -0.0310. The van der Waals surface area contributed by atoms with E-state index in [0.717, 1.165) is 31.2 Å². The first kappa shape index (κ1) is 16.2. The van der Waals surface area contributed by atoms with Gasteiger partial charge >= 0.3 is 0 Å². The molecule has 21 heavy (non-hydrogen) atoms. The molecule has 118 valence electrons. The van der Waals surface area contributed by atoms with E-state index < -0.39 is 6.10 Å². The highest BCUT2D eigenvalue weighted by atomic mass is 19.1. The van der Waals surface area contributed by atoms with Gasteiger partial charge in [-0.15, -0.1) is 0 Å². The fraction of sp³-hybridized carbons (Fsp3) is 0.647. The first-order chi connectivity index (χ1) is 9.99. The third-order valence-corrected chi connectivity index (χ3v) is 4.88. The van der Waals surface area contributed by atoms with Crippen LogP contribution < -0.4 is 4.74 Å². The number of hydrogen-bond acceptors (Lipinski definition) is 3. The number of benzene rings is 1. The summed E-state index contributed by atoms with van der Waals surface area (Å²) in [5, 5.41) is 10.8. The lowest BCUT2D eigenvalue weighted by atomic mass is 9.75. The molecule has 1 fully saturated rings. The molecule has 0 aromatic heterocycles. The lowest BCUT2D eigenvalue weighted by Crippen LogP contribution is -2.55. The summed E-state index contributed by atoms with van der Waals surface area (Å²) in [6, 6.07) is 4.92. The van der Waals surface area contributed by atoms with Crippen LogP contribution in [0.3, 0.4) is 0 Å². The van der Waals surface area contributed by atoms with Gasteiger partial charge in [0, 0.05) is 12.0 Å². The molecule has 0 saturated heterocycles. The van der Waals surface area contributed by atoms with Gasteiger partial charge < -0.3 is 14.7 Å². The molecule has 1 atom stereocenters. The molecule has 0 bridgehead atoms. The Morgan fingerprint density at radius 2 is 1.95 bits per heavy atom. The molecule has 1 saturated carbocycles. The van der Waals surface area contributed by atoms with E-state index in [1.807, 2.05) is 20.2 Å². The first-order valence-electron chi connectivity index (χ1n) is 7.67. The Labute approximate surface area is 126 Å². The summed E-state index contributed by atoms with van der Waals surface area (Å²) in [5.41, 5.74) is 0.627. The number of likely N-dealkylation sites (N-methyl/N-ethyl adjacent to an activating group) is 1. The number of nitrogens with zero attached hydrogens (tertiary/aromatic N) is 1. The predicted molar refractivity (Wildman–Crippen MR) is 82.2 cm³/mol. The van der Waals surface area contributed by atoms with Crippen molar-refractivity contribution >= 4 is 0 Å². The van der Waals surface area contributed by atoms with Crippen molar-refractivity contribution in [3.8, 4) is 5.75 Å². The van der Waals surface area contributed by atoms with Crippen LogP contribution in [0, 0.1) is 5.82 Å². The molecule has 1 aliphatic carbocycles. The summed E-state index contributed by atoms with van der Waals surface area (Å²) in [4.78, 5) is 2.15. The smallest absolute Gasteiger partial charge is 0.165 e. The van der Waals surface area contributed by atoms with E-state index in [-0.39, 0.29) is 17.1 Å². The Morgan fingerprint density at radius 3 is 2.48 bits per heavy atom. The fourth-order valence-electron chi connectivity index (χ4n) is 3.49. The molecule has 2 rings (SSSR count). The van der Waals surface area contributed by atoms with E-state index in [4.69, 9.17) is 4.74 Å². The fourth-order valence-corrected chi connectivity index (χ4v) is 3.49. The Morgan fingerprint density at radius 1 is 1.29 bits per heavy atom. The number of aliphatic hydroxyl groups is 1. The van der Waals surface area contributed by atoms with Crippen LogP contribution in [0.4, 0.5) is 4.39 Å². The van der Waals surface area contributed by atoms with Crippen molar-refractivity contribution in [2.75, 3.05) is 21.2 Å². The van der Waals surface area contributed by atoms with Crippen molar-refractivity contribution in [1.82, 2.24) is 4.90 Å². The van der Waals surface area contributed by atoms with Crippen LogP contribution in [-0.4, -0.2) is 42.9 Å². The zero-order chi connectivity index (χ0) is 15.5. The van der Waals surface area contributed by atoms with Crippen LogP contribution in [0.25, 0.3) is 0 Å². The van der Waals surface area contributed by atoms with Crippen LogP contribution in [-0.2, 0) is 6.42 Å². The maximum absolute atomic E-state index is 13.8. The van der Waals surface area contributed by atoms with Gasteiger partial charge in [0.2, 0.25) is 0 Å². The number of rotatable bonds is 5. The number of hydrogen-bond donors (Lipinski definition) is 1. The van der Waals surface area contributed by atoms with Crippen molar-refractivity contribution < 1.29 is 14.2 Å². The monoisotopic (exact) mass is 295 g/mol. The van der Waals surface area contributed by atoms with E-state index >= 15 is 0 Å². The van der Waals surface area contributed by atoms with Gasteiger partial charge in [0.05, 0.1) is 13.2 Å². The molecule has 3 nitrogen and oxygen atoms in total. The van der Waals surface area contributed by atoms with Gasteiger partial charge in [0.1, 0.15) is 0 Å². The first-order valence-corrected chi connectivity index (χ1v) is 7.67. The van der Waals surface area contributed by atoms with Gasteiger partial charge in [0.25, 0.3) is 0 Å². The van der Waals surface area contributed by atoms with Crippen LogP contribution in [0.1, 0.15) is 37.7 Å². The Kier molecular flexibility index (Phi) is 5.22. The molecule has 1 aliphatic rings. The van der Waals surface area contributed by atoms with Gasteiger partial charge in [0.15, 0.2) is 11.6 Å². The highest BCUT2D eigenvalue weighted by Crippen LogP contribution is 2.36. The Balaban J connectivity index is 2.15. The molecule has 0 heterocycles. The van der Waals surface area contributed by atoms with Gasteiger partial charge in [-0.3, -0.25) is 0 Å². The number of ether oxygens (including phenoxy) is 1. The summed E-state index contributed by atoms with van der Waals surface area (Å²) in [5.74, 6) is -0.127. The molecule has 0 amide bonds. The van der Waals surface area contributed by atoms with E-state index in [0.29, 0.717) is 6.42 Å². The zero-order valence-electron chi connectivity index (χ0n) is 13.2. The second-order valence-corrected chi connectivity index (χ2v) is 6.25. The molecule has 1 N–H and O–H groups in total. The third kappa shape index (κ3) is 3.38.